The third-order valence-corrected chi connectivity index (χ3v) is 4.03. The molecular formula is C17H20ClN. The van der Waals surface area contributed by atoms with Crippen LogP contribution in [0, 0.1) is 13.8 Å². The summed E-state index contributed by atoms with van der Waals surface area (Å²) in [4.78, 5) is 0. The summed E-state index contributed by atoms with van der Waals surface area (Å²) in [6, 6.07) is 13.1. The molecule has 19 heavy (non-hydrogen) atoms. The molecule has 0 aromatic heterocycles. The van der Waals surface area contributed by atoms with Crippen molar-refractivity contribution in [3.8, 4) is 11.1 Å². The normalized spacial score (nSPS) is 12.5. The summed E-state index contributed by atoms with van der Waals surface area (Å²) < 4.78 is 0. The van der Waals surface area contributed by atoms with Gasteiger partial charge in [0, 0.05) is 16.6 Å². The van der Waals surface area contributed by atoms with Crippen LogP contribution < -0.4 is 5.32 Å². The summed E-state index contributed by atoms with van der Waals surface area (Å²) in [7, 11) is 1.97. The highest BCUT2D eigenvalue weighted by Gasteiger charge is 2.08. The van der Waals surface area contributed by atoms with E-state index in [-0.39, 0.29) is 0 Å². The summed E-state index contributed by atoms with van der Waals surface area (Å²) in [5, 5.41) is 4.08. The summed E-state index contributed by atoms with van der Waals surface area (Å²) >= 11 is 6.39. The first kappa shape index (κ1) is 14.1. The standard InChI is InChI=1S/C17H20ClN/c1-11-8-16(17(18)9-12(11)2)15-7-5-6-14(10-15)13(3)19-4/h5-10,13,19H,1-4H3. The number of hydrogen-bond donors (Lipinski definition) is 1. The molecule has 100 valence electrons. The van der Waals surface area contributed by atoms with Crippen molar-refractivity contribution in [1.82, 2.24) is 5.32 Å². The highest BCUT2D eigenvalue weighted by atomic mass is 35.5. The van der Waals surface area contributed by atoms with E-state index in [9.17, 15) is 0 Å². The second-order valence-electron chi connectivity index (χ2n) is 5.05. The molecule has 2 aromatic rings. The van der Waals surface area contributed by atoms with Gasteiger partial charge in [-0.3, -0.25) is 0 Å². The SMILES string of the molecule is CNC(C)c1cccc(-c2cc(C)c(C)cc2Cl)c1. The van der Waals surface area contributed by atoms with Crippen molar-refractivity contribution in [3.05, 3.63) is 58.1 Å². The van der Waals surface area contributed by atoms with Crippen molar-refractivity contribution in [2.45, 2.75) is 26.8 Å². The number of halogens is 1. The van der Waals surface area contributed by atoms with Gasteiger partial charge in [-0.05, 0) is 68.3 Å². The van der Waals surface area contributed by atoms with E-state index in [1.54, 1.807) is 0 Å². The van der Waals surface area contributed by atoms with Gasteiger partial charge in [0.15, 0.2) is 0 Å². The average Bonchev–Trinajstić information content (AvgIpc) is 2.42. The Bertz CT molecular complexity index is 590. The highest BCUT2D eigenvalue weighted by molar-refractivity contribution is 6.33. The second-order valence-corrected chi connectivity index (χ2v) is 5.46. The Kier molecular flexibility index (Phi) is 4.28. The van der Waals surface area contributed by atoms with Gasteiger partial charge in [-0.1, -0.05) is 29.8 Å². The van der Waals surface area contributed by atoms with Gasteiger partial charge in [-0.15, -0.1) is 0 Å². The smallest absolute Gasteiger partial charge is 0.0487 e. The summed E-state index contributed by atoms with van der Waals surface area (Å²) in [5.41, 5.74) is 6.05. The quantitative estimate of drug-likeness (QED) is 0.838. The van der Waals surface area contributed by atoms with Crippen LogP contribution >= 0.6 is 11.6 Å². The Morgan fingerprint density at radius 2 is 1.74 bits per heavy atom. The predicted molar refractivity (Wildman–Crippen MR) is 83.8 cm³/mol. The minimum atomic E-state index is 0.338. The molecule has 0 saturated heterocycles. The minimum absolute atomic E-state index is 0.338. The Morgan fingerprint density at radius 1 is 1.05 bits per heavy atom. The van der Waals surface area contributed by atoms with Crippen molar-refractivity contribution in [2.24, 2.45) is 0 Å². The third kappa shape index (κ3) is 2.99. The molecular weight excluding hydrogens is 254 g/mol. The molecule has 0 heterocycles. The maximum atomic E-state index is 6.39. The number of hydrogen-bond acceptors (Lipinski definition) is 1. The molecule has 2 aromatic carbocycles. The van der Waals surface area contributed by atoms with E-state index in [0.717, 1.165) is 10.6 Å². The molecule has 0 aliphatic carbocycles. The van der Waals surface area contributed by atoms with Crippen LogP contribution in [0.2, 0.25) is 5.02 Å². The molecule has 2 rings (SSSR count). The van der Waals surface area contributed by atoms with Gasteiger partial charge in [-0.25, -0.2) is 0 Å². The molecule has 0 radical (unpaired) electrons. The van der Waals surface area contributed by atoms with Crippen molar-refractivity contribution in [3.63, 3.8) is 0 Å². The number of benzene rings is 2. The maximum Gasteiger partial charge on any atom is 0.0487 e. The first-order valence-electron chi connectivity index (χ1n) is 6.57. The van der Waals surface area contributed by atoms with Crippen molar-refractivity contribution in [1.29, 1.82) is 0 Å². The first-order valence-corrected chi connectivity index (χ1v) is 6.95. The predicted octanol–water partition coefficient (Wildman–Crippen LogP) is 4.90. The van der Waals surface area contributed by atoms with Crippen molar-refractivity contribution >= 4 is 11.6 Å². The molecule has 0 amide bonds. The Hall–Kier alpha value is -1.31. The van der Waals surface area contributed by atoms with Gasteiger partial charge in [0.2, 0.25) is 0 Å². The van der Waals surface area contributed by atoms with Crippen molar-refractivity contribution in [2.75, 3.05) is 7.05 Å². The van der Waals surface area contributed by atoms with Crippen LogP contribution in [0.25, 0.3) is 11.1 Å². The Morgan fingerprint density at radius 3 is 2.42 bits per heavy atom. The summed E-state index contributed by atoms with van der Waals surface area (Å²) in [6.45, 7) is 6.36. The van der Waals surface area contributed by atoms with Crippen LogP contribution in [0.5, 0.6) is 0 Å². The lowest BCUT2D eigenvalue weighted by Crippen LogP contribution is -2.12. The van der Waals surface area contributed by atoms with Crippen LogP contribution in [0.3, 0.4) is 0 Å². The number of nitrogens with one attached hydrogen (secondary N) is 1. The second kappa shape index (κ2) is 5.77. The zero-order valence-electron chi connectivity index (χ0n) is 11.9. The first-order chi connectivity index (χ1) is 9.02. The summed E-state index contributed by atoms with van der Waals surface area (Å²) in [5.74, 6) is 0. The van der Waals surface area contributed by atoms with E-state index < -0.39 is 0 Å². The van der Waals surface area contributed by atoms with Crippen LogP contribution in [0.15, 0.2) is 36.4 Å². The van der Waals surface area contributed by atoms with Crippen LogP contribution in [0.4, 0.5) is 0 Å². The van der Waals surface area contributed by atoms with Gasteiger partial charge < -0.3 is 5.32 Å². The van der Waals surface area contributed by atoms with Crippen LogP contribution in [-0.4, -0.2) is 7.05 Å². The fraction of sp³-hybridized carbons (Fsp3) is 0.294. The zero-order chi connectivity index (χ0) is 14.0. The Labute approximate surface area is 120 Å². The van der Waals surface area contributed by atoms with Gasteiger partial charge >= 0.3 is 0 Å². The van der Waals surface area contributed by atoms with E-state index in [1.807, 2.05) is 13.1 Å². The molecule has 0 spiro atoms. The monoisotopic (exact) mass is 273 g/mol. The van der Waals surface area contributed by atoms with Crippen LogP contribution in [0.1, 0.15) is 29.7 Å². The van der Waals surface area contributed by atoms with E-state index in [1.165, 1.54) is 22.3 Å². The highest BCUT2D eigenvalue weighted by Crippen LogP contribution is 2.31. The molecule has 0 saturated carbocycles. The van der Waals surface area contributed by atoms with E-state index in [0.29, 0.717) is 6.04 Å². The largest absolute Gasteiger partial charge is 0.313 e. The molecule has 1 atom stereocenters. The minimum Gasteiger partial charge on any atom is -0.313 e. The lowest BCUT2D eigenvalue weighted by atomic mass is 9.97. The zero-order valence-corrected chi connectivity index (χ0v) is 12.7. The molecule has 2 heteroatoms. The van der Waals surface area contributed by atoms with Gasteiger partial charge in [0.05, 0.1) is 0 Å². The lowest BCUT2D eigenvalue weighted by molar-refractivity contribution is 0.652. The van der Waals surface area contributed by atoms with E-state index >= 15 is 0 Å². The van der Waals surface area contributed by atoms with Gasteiger partial charge in [-0.2, -0.15) is 0 Å². The lowest BCUT2D eigenvalue weighted by Gasteiger charge is -2.14. The van der Waals surface area contributed by atoms with Gasteiger partial charge in [0.1, 0.15) is 0 Å². The molecule has 0 aliphatic rings. The maximum absolute atomic E-state index is 6.39. The molecule has 0 fully saturated rings. The molecule has 0 bridgehead atoms. The number of rotatable bonds is 3. The molecule has 1 unspecified atom stereocenters. The fourth-order valence-corrected chi connectivity index (χ4v) is 2.47. The Balaban J connectivity index is 2.50. The number of aryl methyl sites for hydroxylation is 2. The molecule has 1 nitrogen and oxygen atoms in total. The van der Waals surface area contributed by atoms with Crippen LogP contribution in [-0.2, 0) is 0 Å². The third-order valence-electron chi connectivity index (χ3n) is 3.71. The molecule has 0 aliphatic heterocycles. The fourth-order valence-electron chi connectivity index (χ4n) is 2.14. The molecule has 1 N–H and O–H groups in total. The topological polar surface area (TPSA) is 12.0 Å². The summed E-state index contributed by atoms with van der Waals surface area (Å²) in [6.07, 6.45) is 0. The van der Waals surface area contributed by atoms with E-state index in [2.05, 4.69) is 56.4 Å². The van der Waals surface area contributed by atoms with Gasteiger partial charge in [0.25, 0.3) is 0 Å². The average molecular weight is 274 g/mol. The van der Waals surface area contributed by atoms with E-state index in [4.69, 9.17) is 11.6 Å². The van der Waals surface area contributed by atoms with Crippen molar-refractivity contribution < 1.29 is 0 Å².